The van der Waals surface area contributed by atoms with Crippen LogP contribution in [0.25, 0.3) is 0 Å². The van der Waals surface area contributed by atoms with Crippen LogP contribution in [0.15, 0.2) is 18.3 Å². The molecule has 3 heterocycles. The van der Waals surface area contributed by atoms with E-state index in [1.165, 1.54) is 31.2 Å². The number of carbonyl (C=O) groups excluding carboxylic acids is 1. The first-order chi connectivity index (χ1) is 11.4. The molecule has 148 valence electrons. The summed E-state index contributed by atoms with van der Waals surface area (Å²) in [6.07, 6.45) is 1.77. The van der Waals surface area contributed by atoms with Gasteiger partial charge < -0.3 is 15.4 Å². The smallest absolute Gasteiger partial charge is 0.422 e. The molecule has 3 rings (SSSR count). The number of halogens is 5. The van der Waals surface area contributed by atoms with E-state index in [4.69, 9.17) is 0 Å². The zero-order valence-corrected chi connectivity index (χ0v) is 15.6. The molecule has 26 heavy (non-hydrogen) atoms. The van der Waals surface area contributed by atoms with Crippen LogP contribution in [0, 0.1) is 5.92 Å². The summed E-state index contributed by atoms with van der Waals surface area (Å²) in [5.41, 5.74) is 0.455. The summed E-state index contributed by atoms with van der Waals surface area (Å²) < 4.78 is 40.7. The Morgan fingerprint density at radius 2 is 1.88 bits per heavy atom. The summed E-state index contributed by atoms with van der Waals surface area (Å²) in [4.78, 5) is 15.9. The molecule has 2 bridgehead atoms. The Hall–Kier alpha value is -1.25. The number of aromatic nitrogens is 1. The van der Waals surface area contributed by atoms with Gasteiger partial charge in [0.15, 0.2) is 6.61 Å². The van der Waals surface area contributed by atoms with E-state index in [1.807, 2.05) is 0 Å². The van der Waals surface area contributed by atoms with E-state index in [9.17, 15) is 18.0 Å². The first-order valence-corrected chi connectivity index (χ1v) is 8.09. The molecule has 2 N–H and O–H groups in total. The topological polar surface area (TPSA) is 63.2 Å². The highest BCUT2D eigenvalue weighted by atomic mass is 35.5. The molecule has 2 unspecified atom stereocenters. The molecule has 2 aliphatic rings. The lowest BCUT2D eigenvalue weighted by molar-refractivity contribution is -0.154. The monoisotopic (exact) mass is 415 g/mol. The Bertz CT molecular complexity index is 575. The first-order valence-electron chi connectivity index (χ1n) is 8.09. The quantitative estimate of drug-likeness (QED) is 0.768. The fourth-order valence-corrected chi connectivity index (χ4v) is 3.51. The molecule has 1 amide bonds. The van der Waals surface area contributed by atoms with Gasteiger partial charge in [0.25, 0.3) is 0 Å². The number of hydrogen-bond acceptors (Lipinski definition) is 4. The van der Waals surface area contributed by atoms with Gasteiger partial charge in [-0.1, -0.05) is 0 Å². The molecule has 0 aromatic carbocycles. The Kier molecular flexibility index (Phi) is 8.43. The van der Waals surface area contributed by atoms with Gasteiger partial charge in [0.2, 0.25) is 11.8 Å². The SMILES string of the molecule is Cl.Cl.O=C(CC1CC2CCC(C1)N2)Nc1ccc(OCC(F)(F)F)nc1. The third-order valence-corrected chi connectivity index (χ3v) is 4.45. The second-order valence-corrected chi connectivity index (χ2v) is 6.52. The fraction of sp³-hybridized carbons (Fsp3) is 0.625. The van der Waals surface area contributed by atoms with E-state index >= 15 is 0 Å². The van der Waals surface area contributed by atoms with Gasteiger partial charge in [0.05, 0.1) is 11.9 Å². The Labute approximate surface area is 162 Å². The molecule has 2 atom stereocenters. The highest BCUT2D eigenvalue weighted by Gasteiger charge is 2.34. The predicted molar refractivity (Wildman–Crippen MR) is 96.2 cm³/mol. The largest absolute Gasteiger partial charge is 0.468 e. The highest BCUT2D eigenvalue weighted by Crippen LogP contribution is 2.32. The number of nitrogens with one attached hydrogen (secondary N) is 2. The van der Waals surface area contributed by atoms with Crippen molar-refractivity contribution in [3.05, 3.63) is 18.3 Å². The van der Waals surface area contributed by atoms with Crippen LogP contribution in [0.2, 0.25) is 0 Å². The first kappa shape index (κ1) is 22.8. The van der Waals surface area contributed by atoms with E-state index in [0.717, 1.165) is 12.8 Å². The third kappa shape index (κ3) is 6.81. The molecule has 2 fully saturated rings. The Morgan fingerprint density at radius 3 is 2.42 bits per heavy atom. The van der Waals surface area contributed by atoms with E-state index in [1.54, 1.807) is 0 Å². The molecule has 2 aliphatic heterocycles. The van der Waals surface area contributed by atoms with Gasteiger partial charge in [-0.25, -0.2) is 4.98 Å². The van der Waals surface area contributed by atoms with Gasteiger partial charge in [-0.2, -0.15) is 13.2 Å². The normalized spacial score (nSPS) is 24.2. The molecule has 10 heteroatoms. The van der Waals surface area contributed by atoms with E-state index in [2.05, 4.69) is 20.4 Å². The van der Waals surface area contributed by atoms with Gasteiger partial charge in [0, 0.05) is 24.6 Å². The van der Waals surface area contributed by atoms with Crippen molar-refractivity contribution in [1.29, 1.82) is 0 Å². The van der Waals surface area contributed by atoms with Gasteiger partial charge in [-0.05, 0) is 37.7 Å². The number of rotatable bonds is 5. The minimum absolute atomic E-state index is 0. The number of alkyl halides is 3. The number of hydrogen-bond donors (Lipinski definition) is 2. The number of piperidine rings is 1. The van der Waals surface area contributed by atoms with Crippen LogP contribution < -0.4 is 15.4 Å². The van der Waals surface area contributed by atoms with Crippen LogP contribution in [-0.2, 0) is 4.79 Å². The average molecular weight is 416 g/mol. The maximum absolute atomic E-state index is 12.1. The molecule has 0 radical (unpaired) electrons. The molecule has 0 spiro atoms. The minimum atomic E-state index is -4.40. The lowest BCUT2D eigenvalue weighted by Gasteiger charge is -2.28. The molecule has 0 saturated carbocycles. The van der Waals surface area contributed by atoms with Crippen LogP contribution in [0.5, 0.6) is 5.88 Å². The summed E-state index contributed by atoms with van der Waals surface area (Å²) in [6, 6.07) is 3.87. The van der Waals surface area contributed by atoms with E-state index in [-0.39, 0.29) is 36.6 Å². The number of amides is 1. The highest BCUT2D eigenvalue weighted by molar-refractivity contribution is 5.90. The Balaban J connectivity index is 0.00000169. The van der Waals surface area contributed by atoms with E-state index in [0.29, 0.717) is 30.1 Å². The summed E-state index contributed by atoms with van der Waals surface area (Å²) in [7, 11) is 0. The van der Waals surface area contributed by atoms with Gasteiger partial charge in [-0.15, -0.1) is 24.8 Å². The van der Waals surface area contributed by atoms with Crippen molar-refractivity contribution in [2.45, 2.75) is 50.4 Å². The summed E-state index contributed by atoms with van der Waals surface area (Å²) in [5, 5.41) is 6.28. The molecular weight excluding hydrogens is 394 g/mol. The summed E-state index contributed by atoms with van der Waals surface area (Å²) in [6.45, 7) is -1.39. The number of anilines is 1. The third-order valence-electron chi connectivity index (χ3n) is 4.45. The maximum Gasteiger partial charge on any atom is 0.422 e. The standard InChI is InChI=1S/C16H20F3N3O2.2ClH/c17-16(18,19)9-24-15-4-3-13(8-20-15)22-14(23)7-10-5-11-1-2-12(6-10)21-11;;/h3-4,8,10-12,21H,1-2,5-7,9H2,(H,22,23);2*1H. The lowest BCUT2D eigenvalue weighted by atomic mass is 9.89. The van der Waals surface area contributed by atoms with Crippen molar-refractivity contribution in [2.75, 3.05) is 11.9 Å². The maximum atomic E-state index is 12.1. The molecule has 5 nitrogen and oxygen atoms in total. The summed E-state index contributed by atoms with van der Waals surface area (Å²) >= 11 is 0. The van der Waals surface area contributed by atoms with Crippen molar-refractivity contribution in [3.8, 4) is 5.88 Å². The van der Waals surface area contributed by atoms with Crippen molar-refractivity contribution in [3.63, 3.8) is 0 Å². The number of ether oxygens (including phenoxy) is 1. The number of pyridine rings is 1. The average Bonchev–Trinajstić information content (AvgIpc) is 2.84. The minimum Gasteiger partial charge on any atom is -0.468 e. The second kappa shape index (κ2) is 9.62. The number of nitrogens with zero attached hydrogens (tertiary/aromatic N) is 1. The van der Waals surface area contributed by atoms with Crippen LogP contribution in [0.3, 0.4) is 0 Å². The summed E-state index contributed by atoms with van der Waals surface area (Å²) in [5.74, 6) is 0.165. The van der Waals surface area contributed by atoms with Crippen LogP contribution in [0.1, 0.15) is 32.1 Å². The van der Waals surface area contributed by atoms with Gasteiger partial charge in [0.1, 0.15) is 0 Å². The molecule has 0 aliphatic carbocycles. The van der Waals surface area contributed by atoms with E-state index < -0.39 is 12.8 Å². The fourth-order valence-electron chi connectivity index (χ4n) is 3.51. The zero-order valence-electron chi connectivity index (χ0n) is 13.9. The number of carbonyl (C=O) groups is 1. The predicted octanol–water partition coefficient (Wildman–Crippen LogP) is 3.73. The molecule has 1 aromatic rings. The van der Waals surface area contributed by atoms with Gasteiger partial charge >= 0.3 is 6.18 Å². The van der Waals surface area contributed by atoms with Gasteiger partial charge in [-0.3, -0.25) is 4.79 Å². The van der Waals surface area contributed by atoms with Crippen LogP contribution in [0.4, 0.5) is 18.9 Å². The second-order valence-electron chi connectivity index (χ2n) is 6.52. The molecule has 2 saturated heterocycles. The lowest BCUT2D eigenvalue weighted by Crippen LogP contribution is -2.39. The van der Waals surface area contributed by atoms with Crippen molar-refractivity contribution in [1.82, 2.24) is 10.3 Å². The molecule has 1 aromatic heterocycles. The molecular formula is C16H22Cl2F3N3O2. The van der Waals surface area contributed by atoms with Crippen LogP contribution in [-0.4, -0.2) is 35.8 Å². The number of fused-ring (bicyclic) bond motifs is 2. The Morgan fingerprint density at radius 1 is 1.23 bits per heavy atom. The van der Waals surface area contributed by atoms with Crippen molar-refractivity contribution in [2.24, 2.45) is 5.92 Å². The zero-order chi connectivity index (χ0) is 17.2. The van der Waals surface area contributed by atoms with Crippen molar-refractivity contribution >= 4 is 36.4 Å². The van der Waals surface area contributed by atoms with Crippen LogP contribution >= 0.6 is 24.8 Å². The van der Waals surface area contributed by atoms with Crippen molar-refractivity contribution < 1.29 is 22.7 Å².